The number of carbonyl (C=O) groups is 1. The number of carbonyl (C=O) groups excluding carboxylic acids is 1. The van der Waals surface area contributed by atoms with Gasteiger partial charge in [0.15, 0.2) is 0 Å². The van der Waals surface area contributed by atoms with Gasteiger partial charge in [0.05, 0.1) is 6.07 Å². The molecule has 2 saturated carbocycles. The lowest BCUT2D eigenvalue weighted by Crippen LogP contribution is -2.34. The standard InChI is InChI=1S/C13H20N2O/c14-6-2-1-3-7-15-13(16)12-9-10-4-5-11(12)8-10/h10-12H,1-5,7-9H2,(H,15,16). The average Bonchev–Trinajstić information content (AvgIpc) is 2.90. The van der Waals surface area contributed by atoms with Crippen LogP contribution in [0.15, 0.2) is 0 Å². The summed E-state index contributed by atoms with van der Waals surface area (Å²) < 4.78 is 0. The number of nitrogens with one attached hydrogen (secondary N) is 1. The molecule has 0 spiro atoms. The molecular weight excluding hydrogens is 200 g/mol. The molecule has 1 N–H and O–H groups in total. The third-order valence-corrected chi connectivity index (χ3v) is 4.09. The monoisotopic (exact) mass is 220 g/mol. The minimum Gasteiger partial charge on any atom is -0.356 e. The molecule has 0 heterocycles. The second-order valence-electron chi connectivity index (χ2n) is 5.19. The first-order valence-corrected chi connectivity index (χ1v) is 6.46. The third kappa shape index (κ3) is 2.55. The summed E-state index contributed by atoms with van der Waals surface area (Å²) in [5, 5.41) is 11.4. The molecule has 0 aromatic carbocycles. The van der Waals surface area contributed by atoms with Gasteiger partial charge in [-0.3, -0.25) is 4.79 Å². The summed E-state index contributed by atoms with van der Waals surface area (Å²) in [7, 11) is 0. The Hall–Kier alpha value is -1.04. The normalized spacial score (nSPS) is 31.3. The molecule has 3 heteroatoms. The number of hydrogen-bond donors (Lipinski definition) is 1. The lowest BCUT2D eigenvalue weighted by Gasteiger charge is -2.20. The second kappa shape index (κ2) is 5.34. The van der Waals surface area contributed by atoms with Crippen molar-refractivity contribution < 1.29 is 4.79 Å². The molecule has 0 aromatic rings. The summed E-state index contributed by atoms with van der Waals surface area (Å²) in [5.41, 5.74) is 0. The first-order chi connectivity index (χ1) is 7.81. The zero-order chi connectivity index (χ0) is 11.4. The van der Waals surface area contributed by atoms with Crippen molar-refractivity contribution in [2.24, 2.45) is 17.8 Å². The van der Waals surface area contributed by atoms with E-state index < -0.39 is 0 Å². The summed E-state index contributed by atoms with van der Waals surface area (Å²) >= 11 is 0. The van der Waals surface area contributed by atoms with Gasteiger partial charge in [-0.05, 0) is 43.9 Å². The molecule has 0 radical (unpaired) electrons. The van der Waals surface area contributed by atoms with Gasteiger partial charge in [0.25, 0.3) is 0 Å². The molecule has 2 aliphatic rings. The van der Waals surface area contributed by atoms with Gasteiger partial charge >= 0.3 is 0 Å². The van der Waals surface area contributed by atoms with Crippen molar-refractivity contribution in [3.05, 3.63) is 0 Å². The minimum atomic E-state index is 0.268. The van der Waals surface area contributed by atoms with E-state index in [2.05, 4.69) is 11.4 Å². The lowest BCUT2D eigenvalue weighted by atomic mass is 9.88. The Balaban J connectivity index is 1.63. The maximum atomic E-state index is 11.9. The predicted octanol–water partition coefficient (Wildman–Crippen LogP) is 2.23. The van der Waals surface area contributed by atoms with E-state index in [9.17, 15) is 4.79 Å². The van der Waals surface area contributed by atoms with Crippen LogP contribution in [0, 0.1) is 29.1 Å². The molecule has 3 atom stereocenters. The Morgan fingerprint density at radius 1 is 1.31 bits per heavy atom. The number of nitrogens with zero attached hydrogens (tertiary/aromatic N) is 1. The van der Waals surface area contributed by atoms with Crippen LogP contribution in [-0.2, 0) is 4.79 Å². The van der Waals surface area contributed by atoms with Crippen molar-refractivity contribution in [3.63, 3.8) is 0 Å². The number of rotatable bonds is 5. The molecule has 2 rings (SSSR count). The van der Waals surface area contributed by atoms with Crippen molar-refractivity contribution in [3.8, 4) is 6.07 Å². The Morgan fingerprint density at radius 2 is 2.19 bits per heavy atom. The first-order valence-electron chi connectivity index (χ1n) is 6.46. The second-order valence-corrected chi connectivity index (χ2v) is 5.19. The maximum Gasteiger partial charge on any atom is 0.223 e. The van der Waals surface area contributed by atoms with Gasteiger partial charge in [-0.15, -0.1) is 0 Å². The van der Waals surface area contributed by atoms with Gasteiger partial charge in [-0.25, -0.2) is 0 Å². The van der Waals surface area contributed by atoms with E-state index in [-0.39, 0.29) is 5.91 Å². The van der Waals surface area contributed by atoms with Gasteiger partial charge in [0.1, 0.15) is 0 Å². The van der Waals surface area contributed by atoms with E-state index in [0.29, 0.717) is 18.3 Å². The molecule has 0 aliphatic heterocycles. The van der Waals surface area contributed by atoms with Crippen LogP contribution >= 0.6 is 0 Å². The first kappa shape index (κ1) is 11.4. The summed E-state index contributed by atoms with van der Waals surface area (Å²) in [6, 6.07) is 2.12. The Labute approximate surface area is 97.2 Å². The van der Waals surface area contributed by atoms with Crippen molar-refractivity contribution in [1.29, 1.82) is 5.26 Å². The van der Waals surface area contributed by atoms with Crippen molar-refractivity contribution in [2.45, 2.75) is 44.9 Å². The topological polar surface area (TPSA) is 52.9 Å². The van der Waals surface area contributed by atoms with Gasteiger partial charge in [-0.1, -0.05) is 6.42 Å². The van der Waals surface area contributed by atoms with E-state index in [0.717, 1.165) is 31.7 Å². The van der Waals surface area contributed by atoms with Crippen LogP contribution in [0.4, 0.5) is 0 Å². The van der Waals surface area contributed by atoms with Crippen LogP contribution in [-0.4, -0.2) is 12.5 Å². The fourth-order valence-corrected chi connectivity index (χ4v) is 3.24. The SMILES string of the molecule is N#CCCCCNC(=O)C1CC2CCC1C2. The van der Waals surface area contributed by atoms with Crippen LogP contribution in [0.25, 0.3) is 0 Å². The highest BCUT2D eigenvalue weighted by atomic mass is 16.1. The van der Waals surface area contributed by atoms with E-state index in [1.165, 1.54) is 19.3 Å². The average molecular weight is 220 g/mol. The molecule has 2 fully saturated rings. The third-order valence-electron chi connectivity index (χ3n) is 4.09. The van der Waals surface area contributed by atoms with Gasteiger partial charge in [0, 0.05) is 18.9 Å². The van der Waals surface area contributed by atoms with Gasteiger partial charge in [-0.2, -0.15) is 5.26 Å². The zero-order valence-corrected chi connectivity index (χ0v) is 9.74. The summed E-state index contributed by atoms with van der Waals surface area (Å²) in [4.78, 5) is 11.9. The highest BCUT2D eigenvalue weighted by Crippen LogP contribution is 2.48. The van der Waals surface area contributed by atoms with Crippen LogP contribution in [0.1, 0.15) is 44.9 Å². The molecule has 88 valence electrons. The van der Waals surface area contributed by atoms with E-state index in [1.807, 2.05) is 0 Å². The van der Waals surface area contributed by atoms with Crippen LogP contribution in [0.2, 0.25) is 0 Å². The molecule has 2 bridgehead atoms. The summed E-state index contributed by atoms with van der Waals surface area (Å²) in [5.74, 6) is 2.07. The Kier molecular flexibility index (Phi) is 3.82. The Morgan fingerprint density at radius 3 is 2.81 bits per heavy atom. The summed E-state index contributed by atoms with van der Waals surface area (Å²) in [6.45, 7) is 0.744. The van der Waals surface area contributed by atoms with Gasteiger partial charge < -0.3 is 5.32 Å². The van der Waals surface area contributed by atoms with Crippen LogP contribution in [0.5, 0.6) is 0 Å². The van der Waals surface area contributed by atoms with Crippen molar-refractivity contribution in [2.75, 3.05) is 6.54 Å². The number of nitriles is 1. The van der Waals surface area contributed by atoms with Crippen LogP contribution in [0.3, 0.4) is 0 Å². The van der Waals surface area contributed by atoms with E-state index >= 15 is 0 Å². The molecule has 2 aliphatic carbocycles. The fourth-order valence-electron chi connectivity index (χ4n) is 3.24. The number of amides is 1. The van der Waals surface area contributed by atoms with E-state index in [4.69, 9.17) is 5.26 Å². The largest absolute Gasteiger partial charge is 0.356 e. The molecule has 0 aromatic heterocycles. The lowest BCUT2D eigenvalue weighted by molar-refractivity contribution is -0.126. The molecular formula is C13H20N2O. The number of unbranched alkanes of at least 4 members (excludes halogenated alkanes) is 2. The van der Waals surface area contributed by atoms with Crippen molar-refractivity contribution >= 4 is 5.91 Å². The fraction of sp³-hybridized carbons (Fsp3) is 0.846. The van der Waals surface area contributed by atoms with Gasteiger partial charge in [0.2, 0.25) is 5.91 Å². The summed E-state index contributed by atoms with van der Waals surface area (Å²) in [6.07, 6.45) is 7.44. The predicted molar refractivity (Wildman–Crippen MR) is 61.4 cm³/mol. The van der Waals surface area contributed by atoms with Crippen molar-refractivity contribution in [1.82, 2.24) is 5.32 Å². The molecule has 3 unspecified atom stereocenters. The smallest absolute Gasteiger partial charge is 0.223 e. The molecule has 16 heavy (non-hydrogen) atoms. The molecule has 3 nitrogen and oxygen atoms in total. The Bertz CT molecular complexity index is 295. The minimum absolute atomic E-state index is 0.268. The highest BCUT2D eigenvalue weighted by molar-refractivity contribution is 5.79. The maximum absolute atomic E-state index is 11.9. The highest BCUT2D eigenvalue weighted by Gasteiger charge is 2.42. The quantitative estimate of drug-likeness (QED) is 0.722. The molecule has 1 amide bonds. The number of hydrogen-bond acceptors (Lipinski definition) is 2. The zero-order valence-electron chi connectivity index (χ0n) is 9.74. The number of fused-ring (bicyclic) bond motifs is 2. The van der Waals surface area contributed by atoms with Crippen LogP contribution < -0.4 is 5.32 Å². The van der Waals surface area contributed by atoms with E-state index in [1.54, 1.807) is 0 Å². The molecule has 0 saturated heterocycles.